The Balaban J connectivity index is 2.24. The summed E-state index contributed by atoms with van der Waals surface area (Å²) in [7, 11) is 3.86. The van der Waals surface area contributed by atoms with Crippen LogP contribution in [0.15, 0.2) is 42.5 Å². The molecular formula is C16H16Cl2N4OS. The molecule has 2 aromatic rings. The number of hydrogen-bond acceptors (Lipinski definition) is 3. The van der Waals surface area contributed by atoms with Crippen molar-refractivity contribution in [2.75, 3.05) is 29.2 Å². The third-order valence-corrected chi connectivity index (χ3v) is 4.24. The zero-order chi connectivity index (χ0) is 17.9. The molecule has 0 aromatic heterocycles. The summed E-state index contributed by atoms with van der Waals surface area (Å²) >= 11 is 17.2. The molecule has 0 bridgehead atoms. The number of anilines is 3. The van der Waals surface area contributed by atoms with Gasteiger partial charge in [-0.15, -0.1) is 0 Å². The van der Waals surface area contributed by atoms with Gasteiger partial charge < -0.3 is 16.0 Å². The van der Waals surface area contributed by atoms with Crippen LogP contribution in [-0.2, 0) is 0 Å². The smallest absolute Gasteiger partial charge is 0.325 e. The van der Waals surface area contributed by atoms with E-state index in [-0.39, 0.29) is 5.11 Å². The second-order valence-electron chi connectivity index (χ2n) is 5.14. The predicted octanol–water partition coefficient (Wildman–Crippen LogP) is 4.34. The molecule has 0 fully saturated rings. The summed E-state index contributed by atoms with van der Waals surface area (Å²) in [5.41, 5.74) is 7.63. The van der Waals surface area contributed by atoms with Crippen molar-refractivity contribution in [3.63, 3.8) is 0 Å². The second kappa shape index (κ2) is 7.70. The van der Waals surface area contributed by atoms with Gasteiger partial charge in [0.2, 0.25) is 0 Å². The Labute approximate surface area is 155 Å². The number of benzene rings is 2. The van der Waals surface area contributed by atoms with Crippen LogP contribution in [0.2, 0.25) is 10.0 Å². The zero-order valence-electron chi connectivity index (χ0n) is 13.1. The third kappa shape index (κ3) is 4.29. The molecule has 0 radical (unpaired) electrons. The number of primary amides is 1. The molecule has 2 aromatic carbocycles. The summed E-state index contributed by atoms with van der Waals surface area (Å²) in [6.07, 6.45) is 0. The van der Waals surface area contributed by atoms with Gasteiger partial charge >= 0.3 is 6.03 Å². The second-order valence-corrected chi connectivity index (χ2v) is 6.34. The van der Waals surface area contributed by atoms with E-state index in [0.29, 0.717) is 21.4 Å². The van der Waals surface area contributed by atoms with Gasteiger partial charge in [0, 0.05) is 25.5 Å². The topological polar surface area (TPSA) is 61.6 Å². The number of thiocarbonyl (C=S) groups is 1. The fraction of sp³-hybridized carbons (Fsp3) is 0.125. The van der Waals surface area contributed by atoms with Crippen molar-refractivity contribution in [2.45, 2.75) is 0 Å². The minimum Gasteiger partial charge on any atom is -0.378 e. The molecule has 0 saturated heterocycles. The van der Waals surface area contributed by atoms with Gasteiger partial charge in [-0.2, -0.15) is 0 Å². The Hall–Kier alpha value is -2.02. The van der Waals surface area contributed by atoms with Crippen LogP contribution in [0.5, 0.6) is 0 Å². The Morgan fingerprint density at radius 1 is 1.04 bits per heavy atom. The number of rotatable bonds is 3. The molecule has 0 atom stereocenters. The average molecular weight is 383 g/mol. The molecular weight excluding hydrogens is 367 g/mol. The fourth-order valence-electron chi connectivity index (χ4n) is 2.00. The van der Waals surface area contributed by atoms with Crippen molar-refractivity contribution in [2.24, 2.45) is 5.73 Å². The molecule has 5 nitrogen and oxygen atoms in total. The third-order valence-electron chi connectivity index (χ3n) is 3.22. The van der Waals surface area contributed by atoms with E-state index in [1.54, 1.807) is 30.3 Å². The standard InChI is InChI=1S/C16H16Cl2N4OS/c1-21(2)11-4-6-12(7-5-11)22(15(19)23)16(24)20-10-3-8-13(17)14(18)9-10/h3-9H,1-2H3,(H2,19,23)(H,20,24). The summed E-state index contributed by atoms with van der Waals surface area (Å²) in [4.78, 5) is 15.0. The molecule has 0 aliphatic heterocycles. The molecule has 126 valence electrons. The number of nitrogens with one attached hydrogen (secondary N) is 1. The first kappa shape index (κ1) is 18.3. The summed E-state index contributed by atoms with van der Waals surface area (Å²) in [5.74, 6) is 0. The first-order valence-corrected chi connectivity index (χ1v) is 8.09. The lowest BCUT2D eigenvalue weighted by molar-refractivity contribution is 0.256. The van der Waals surface area contributed by atoms with Gasteiger partial charge in [0.05, 0.1) is 15.7 Å². The van der Waals surface area contributed by atoms with E-state index in [1.165, 1.54) is 4.90 Å². The van der Waals surface area contributed by atoms with Crippen molar-refractivity contribution < 1.29 is 4.79 Å². The maximum Gasteiger partial charge on any atom is 0.325 e. The van der Waals surface area contributed by atoms with Crippen LogP contribution in [0, 0.1) is 0 Å². The largest absolute Gasteiger partial charge is 0.378 e. The average Bonchev–Trinajstić information content (AvgIpc) is 2.51. The molecule has 2 rings (SSSR count). The molecule has 0 heterocycles. The number of nitrogens with two attached hydrogens (primary N) is 1. The first-order valence-electron chi connectivity index (χ1n) is 6.92. The van der Waals surface area contributed by atoms with Crippen LogP contribution >= 0.6 is 35.4 Å². The fourth-order valence-corrected chi connectivity index (χ4v) is 2.61. The van der Waals surface area contributed by atoms with Crippen LogP contribution in [0.25, 0.3) is 0 Å². The summed E-state index contributed by atoms with van der Waals surface area (Å²) < 4.78 is 0. The van der Waals surface area contributed by atoms with Gasteiger partial charge in [-0.3, -0.25) is 0 Å². The van der Waals surface area contributed by atoms with Gasteiger partial charge in [0.15, 0.2) is 5.11 Å². The number of urea groups is 1. The first-order chi connectivity index (χ1) is 11.3. The predicted molar refractivity (Wildman–Crippen MR) is 106 cm³/mol. The molecule has 0 aliphatic carbocycles. The van der Waals surface area contributed by atoms with Crippen molar-refractivity contribution in [1.29, 1.82) is 0 Å². The minimum atomic E-state index is -0.690. The van der Waals surface area contributed by atoms with Crippen molar-refractivity contribution >= 4 is 63.6 Å². The van der Waals surface area contributed by atoms with E-state index in [9.17, 15) is 4.79 Å². The quantitative estimate of drug-likeness (QED) is 0.774. The molecule has 3 N–H and O–H groups in total. The molecule has 24 heavy (non-hydrogen) atoms. The van der Waals surface area contributed by atoms with Crippen LogP contribution in [0.1, 0.15) is 0 Å². The van der Waals surface area contributed by atoms with E-state index in [4.69, 9.17) is 41.2 Å². The molecule has 0 spiro atoms. The minimum absolute atomic E-state index is 0.137. The number of carbonyl (C=O) groups excluding carboxylic acids is 1. The SMILES string of the molecule is CN(C)c1ccc(N(C(N)=O)C(=S)Nc2ccc(Cl)c(Cl)c2)cc1. The molecule has 2 amide bonds. The van der Waals surface area contributed by atoms with E-state index in [1.807, 2.05) is 31.1 Å². The highest BCUT2D eigenvalue weighted by Gasteiger charge is 2.18. The Morgan fingerprint density at radius 2 is 1.62 bits per heavy atom. The van der Waals surface area contributed by atoms with Gasteiger partial charge in [-0.1, -0.05) is 23.2 Å². The summed E-state index contributed by atoms with van der Waals surface area (Å²) in [6, 6.07) is 11.5. The van der Waals surface area contributed by atoms with Gasteiger partial charge in [-0.05, 0) is 54.7 Å². The molecule has 0 saturated carbocycles. The van der Waals surface area contributed by atoms with Crippen molar-refractivity contribution in [3.05, 3.63) is 52.5 Å². The highest BCUT2D eigenvalue weighted by molar-refractivity contribution is 7.80. The van der Waals surface area contributed by atoms with Gasteiger partial charge in [-0.25, -0.2) is 9.69 Å². The van der Waals surface area contributed by atoms with E-state index >= 15 is 0 Å². The highest BCUT2D eigenvalue weighted by Crippen LogP contribution is 2.26. The van der Waals surface area contributed by atoms with Gasteiger partial charge in [0.1, 0.15) is 0 Å². The summed E-state index contributed by atoms with van der Waals surface area (Å²) in [6.45, 7) is 0. The summed E-state index contributed by atoms with van der Waals surface area (Å²) in [5, 5.41) is 3.88. The van der Waals surface area contributed by atoms with Crippen LogP contribution in [-0.4, -0.2) is 25.2 Å². The van der Waals surface area contributed by atoms with Crippen molar-refractivity contribution in [1.82, 2.24) is 0 Å². The number of hydrogen-bond donors (Lipinski definition) is 2. The normalized spacial score (nSPS) is 10.2. The van der Waals surface area contributed by atoms with Crippen LogP contribution in [0.3, 0.4) is 0 Å². The van der Waals surface area contributed by atoms with E-state index < -0.39 is 6.03 Å². The van der Waals surface area contributed by atoms with Crippen LogP contribution in [0.4, 0.5) is 21.9 Å². The Kier molecular flexibility index (Phi) is 5.88. The molecule has 8 heteroatoms. The molecule has 0 aliphatic rings. The van der Waals surface area contributed by atoms with Crippen LogP contribution < -0.4 is 20.9 Å². The number of nitrogens with zero attached hydrogens (tertiary/aromatic N) is 2. The number of halogens is 2. The number of carbonyl (C=O) groups is 1. The lowest BCUT2D eigenvalue weighted by Crippen LogP contribution is -2.43. The number of amides is 2. The van der Waals surface area contributed by atoms with E-state index in [2.05, 4.69) is 5.32 Å². The lowest BCUT2D eigenvalue weighted by atomic mass is 10.2. The maximum atomic E-state index is 11.8. The molecule has 0 unspecified atom stereocenters. The Morgan fingerprint density at radius 3 is 2.12 bits per heavy atom. The van der Waals surface area contributed by atoms with Crippen molar-refractivity contribution in [3.8, 4) is 0 Å². The monoisotopic (exact) mass is 382 g/mol. The van der Waals surface area contributed by atoms with Gasteiger partial charge in [0.25, 0.3) is 0 Å². The lowest BCUT2D eigenvalue weighted by Gasteiger charge is -2.23. The zero-order valence-corrected chi connectivity index (χ0v) is 15.4. The maximum absolute atomic E-state index is 11.8. The van der Waals surface area contributed by atoms with E-state index in [0.717, 1.165) is 5.69 Å². The highest BCUT2D eigenvalue weighted by atomic mass is 35.5. The Bertz CT molecular complexity index is 765.